The largest absolute Gasteiger partial charge is 0.440 e. The highest BCUT2D eigenvalue weighted by atomic mass is 32.2. The summed E-state index contributed by atoms with van der Waals surface area (Å²) in [7, 11) is -3.72. The number of aromatic nitrogens is 1. The molecule has 2 aromatic carbocycles. The van der Waals surface area contributed by atoms with Crippen LogP contribution in [0.4, 0.5) is 4.39 Å². The summed E-state index contributed by atoms with van der Waals surface area (Å²) < 4.78 is 47.5. The molecule has 0 saturated heterocycles. The van der Waals surface area contributed by atoms with Crippen molar-refractivity contribution in [3.05, 3.63) is 60.2 Å². The Labute approximate surface area is 171 Å². The molecule has 29 heavy (non-hydrogen) atoms. The van der Waals surface area contributed by atoms with Gasteiger partial charge in [-0.3, -0.25) is 0 Å². The summed E-state index contributed by atoms with van der Waals surface area (Å²) in [5.74, 6) is 0.417. The number of sulfonamides is 1. The van der Waals surface area contributed by atoms with Crippen molar-refractivity contribution in [1.82, 2.24) is 9.29 Å². The number of aryl methyl sites for hydroxylation is 1. The molecule has 7 heteroatoms. The first-order valence-corrected chi connectivity index (χ1v) is 11.1. The summed E-state index contributed by atoms with van der Waals surface area (Å²) in [6, 6.07) is 12.7. The van der Waals surface area contributed by atoms with E-state index in [-0.39, 0.29) is 10.7 Å². The topological polar surface area (TPSA) is 63.4 Å². The van der Waals surface area contributed by atoms with Crippen LogP contribution in [0.15, 0.2) is 57.8 Å². The molecule has 1 heterocycles. The molecule has 0 aliphatic heterocycles. The molecule has 0 radical (unpaired) electrons. The van der Waals surface area contributed by atoms with Crippen molar-refractivity contribution in [2.24, 2.45) is 0 Å². The van der Waals surface area contributed by atoms with Crippen molar-refractivity contribution < 1.29 is 17.2 Å². The van der Waals surface area contributed by atoms with E-state index in [2.05, 4.69) is 4.98 Å². The number of benzene rings is 2. The van der Waals surface area contributed by atoms with E-state index in [1.54, 1.807) is 43.3 Å². The molecular formula is C22H25FN2O3S. The van der Waals surface area contributed by atoms with E-state index in [9.17, 15) is 12.8 Å². The van der Waals surface area contributed by atoms with Crippen molar-refractivity contribution in [2.75, 3.05) is 13.1 Å². The second-order valence-corrected chi connectivity index (χ2v) is 8.72. The average molecular weight is 417 g/mol. The van der Waals surface area contributed by atoms with Gasteiger partial charge in [-0.15, -0.1) is 0 Å². The highest BCUT2D eigenvalue weighted by Crippen LogP contribution is 2.37. The summed E-state index contributed by atoms with van der Waals surface area (Å²) in [5, 5.41) is 0. The molecule has 3 aromatic rings. The number of hydrogen-bond donors (Lipinski definition) is 0. The lowest BCUT2D eigenvalue weighted by atomic mass is 10.1. The van der Waals surface area contributed by atoms with Gasteiger partial charge >= 0.3 is 0 Å². The van der Waals surface area contributed by atoms with Gasteiger partial charge in [0.2, 0.25) is 10.0 Å². The minimum absolute atomic E-state index is 0.182. The van der Waals surface area contributed by atoms with Crippen molar-refractivity contribution in [1.29, 1.82) is 0 Å². The fourth-order valence-corrected chi connectivity index (χ4v) is 5.10. The predicted octanol–water partition coefficient (Wildman–Crippen LogP) is 5.27. The molecule has 0 aliphatic carbocycles. The summed E-state index contributed by atoms with van der Waals surface area (Å²) in [5.41, 5.74) is 1.59. The maximum Gasteiger partial charge on any atom is 0.243 e. The van der Waals surface area contributed by atoms with Crippen LogP contribution in [0.2, 0.25) is 0 Å². The third kappa shape index (κ3) is 4.41. The van der Waals surface area contributed by atoms with Crippen LogP contribution in [0.1, 0.15) is 32.6 Å². The molecule has 0 aliphatic rings. The zero-order valence-corrected chi connectivity index (χ0v) is 17.7. The van der Waals surface area contributed by atoms with Crippen LogP contribution >= 0.6 is 0 Å². The number of halogens is 1. The third-order valence-electron chi connectivity index (χ3n) is 4.55. The van der Waals surface area contributed by atoms with Gasteiger partial charge in [0.15, 0.2) is 11.7 Å². The molecule has 0 fully saturated rings. The molecule has 3 rings (SSSR count). The van der Waals surface area contributed by atoms with Gasteiger partial charge in [0.25, 0.3) is 0 Å². The zero-order valence-electron chi connectivity index (χ0n) is 16.9. The van der Waals surface area contributed by atoms with E-state index >= 15 is 0 Å². The third-order valence-corrected chi connectivity index (χ3v) is 6.50. The van der Waals surface area contributed by atoms with Crippen LogP contribution < -0.4 is 0 Å². The quantitative estimate of drug-likeness (QED) is 0.502. The number of oxazole rings is 1. The van der Waals surface area contributed by atoms with Crippen LogP contribution in [0, 0.1) is 12.7 Å². The number of nitrogens with zero attached hydrogens (tertiary/aromatic N) is 2. The lowest BCUT2D eigenvalue weighted by Crippen LogP contribution is -2.32. The van der Waals surface area contributed by atoms with Gasteiger partial charge in [0.1, 0.15) is 11.5 Å². The van der Waals surface area contributed by atoms with Gasteiger partial charge in [-0.1, -0.05) is 26.0 Å². The Hall–Kier alpha value is -2.51. The Morgan fingerprint density at radius 1 is 1.00 bits per heavy atom. The Morgan fingerprint density at radius 3 is 2.24 bits per heavy atom. The van der Waals surface area contributed by atoms with Gasteiger partial charge in [-0.05, 0) is 49.2 Å². The Bertz CT molecular complexity index is 1070. The van der Waals surface area contributed by atoms with Crippen LogP contribution in [-0.2, 0) is 10.0 Å². The first kappa shape index (κ1) is 21.2. The minimum Gasteiger partial charge on any atom is -0.440 e. The minimum atomic E-state index is -3.72. The van der Waals surface area contributed by atoms with E-state index in [0.29, 0.717) is 41.6 Å². The Morgan fingerprint density at radius 2 is 1.62 bits per heavy atom. The van der Waals surface area contributed by atoms with Crippen LogP contribution in [-0.4, -0.2) is 30.8 Å². The normalized spacial score (nSPS) is 11.9. The molecule has 1 aromatic heterocycles. The van der Waals surface area contributed by atoms with Crippen molar-refractivity contribution >= 4 is 10.0 Å². The standard InChI is InChI=1S/C22H25FN2O3S/c1-4-14-25(15-5-2)29(26,27)20-9-7-6-8-19(20)22-21(24-16(3)28-22)17-10-12-18(23)13-11-17/h6-13H,4-5,14-15H2,1-3H3. The van der Waals surface area contributed by atoms with Gasteiger partial charge < -0.3 is 4.42 Å². The Kier molecular flexibility index (Phi) is 6.49. The maximum absolute atomic E-state index is 13.4. The molecule has 0 amide bonds. The van der Waals surface area contributed by atoms with Gasteiger partial charge in [0.05, 0.1) is 4.90 Å². The van der Waals surface area contributed by atoms with Crippen molar-refractivity contribution in [2.45, 2.75) is 38.5 Å². The van der Waals surface area contributed by atoms with E-state index in [1.165, 1.54) is 16.4 Å². The van der Waals surface area contributed by atoms with E-state index in [1.807, 2.05) is 13.8 Å². The van der Waals surface area contributed by atoms with Gasteiger partial charge in [0, 0.05) is 31.1 Å². The molecule has 0 saturated carbocycles. The lowest BCUT2D eigenvalue weighted by Gasteiger charge is -2.22. The SMILES string of the molecule is CCCN(CCC)S(=O)(=O)c1ccccc1-c1oc(C)nc1-c1ccc(F)cc1. The van der Waals surface area contributed by atoms with Crippen LogP contribution in [0.25, 0.3) is 22.6 Å². The fourth-order valence-electron chi connectivity index (χ4n) is 3.28. The summed E-state index contributed by atoms with van der Waals surface area (Å²) >= 11 is 0. The maximum atomic E-state index is 13.4. The van der Waals surface area contributed by atoms with Gasteiger partial charge in [-0.25, -0.2) is 17.8 Å². The molecule has 5 nitrogen and oxygen atoms in total. The average Bonchev–Trinajstić information content (AvgIpc) is 3.10. The molecule has 0 unspecified atom stereocenters. The number of hydrogen-bond acceptors (Lipinski definition) is 4. The van der Waals surface area contributed by atoms with Crippen molar-refractivity contribution in [3.63, 3.8) is 0 Å². The van der Waals surface area contributed by atoms with E-state index in [4.69, 9.17) is 4.42 Å². The molecule has 0 atom stereocenters. The Balaban J connectivity index is 2.17. The van der Waals surface area contributed by atoms with Crippen LogP contribution in [0.3, 0.4) is 0 Å². The molecule has 0 N–H and O–H groups in total. The molecule has 0 bridgehead atoms. The van der Waals surface area contributed by atoms with E-state index < -0.39 is 10.0 Å². The highest BCUT2D eigenvalue weighted by Gasteiger charge is 2.29. The lowest BCUT2D eigenvalue weighted by molar-refractivity contribution is 0.410. The monoisotopic (exact) mass is 416 g/mol. The highest BCUT2D eigenvalue weighted by molar-refractivity contribution is 7.89. The van der Waals surface area contributed by atoms with Gasteiger partial charge in [-0.2, -0.15) is 4.31 Å². The second kappa shape index (κ2) is 8.88. The summed E-state index contributed by atoms with van der Waals surface area (Å²) in [4.78, 5) is 4.61. The van der Waals surface area contributed by atoms with Crippen molar-refractivity contribution in [3.8, 4) is 22.6 Å². The summed E-state index contributed by atoms with van der Waals surface area (Å²) in [6.45, 7) is 6.51. The molecule has 0 spiro atoms. The second-order valence-electron chi connectivity index (χ2n) is 6.82. The zero-order chi connectivity index (χ0) is 21.0. The fraction of sp³-hybridized carbons (Fsp3) is 0.318. The predicted molar refractivity (Wildman–Crippen MR) is 111 cm³/mol. The first-order valence-electron chi connectivity index (χ1n) is 9.71. The summed E-state index contributed by atoms with van der Waals surface area (Å²) in [6.07, 6.45) is 1.45. The molecule has 154 valence electrons. The molecular weight excluding hydrogens is 391 g/mol. The smallest absolute Gasteiger partial charge is 0.243 e. The van der Waals surface area contributed by atoms with Crippen LogP contribution in [0.5, 0.6) is 0 Å². The van der Waals surface area contributed by atoms with E-state index in [0.717, 1.165) is 12.8 Å². The first-order chi connectivity index (χ1) is 13.9. The number of rotatable bonds is 8.